The number of carbonyl (C=O) groups excluding carboxylic acids is 1. The predicted octanol–water partition coefficient (Wildman–Crippen LogP) is 0.535. The summed E-state index contributed by atoms with van der Waals surface area (Å²) in [5, 5.41) is 6.76. The van der Waals surface area contributed by atoms with Crippen molar-refractivity contribution in [1.82, 2.24) is 25.0 Å². The Morgan fingerprint density at radius 1 is 1.28 bits per heavy atom. The van der Waals surface area contributed by atoms with E-state index in [9.17, 15) is 4.79 Å². The van der Waals surface area contributed by atoms with Crippen LogP contribution in [0.3, 0.4) is 0 Å². The summed E-state index contributed by atoms with van der Waals surface area (Å²) in [5.41, 5.74) is 0. The Balaban J connectivity index is 1.91. The van der Waals surface area contributed by atoms with Crippen molar-refractivity contribution in [3.8, 4) is 0 Å². The van der Waals surface area contributed by atoms with Crippen molar-refractivity contribution in [2.24, 2.45) is 0 Å². The summed E-state index contributed by atoms with van der Waals surface area (Å²) in [6.45, 7) is 8.72. The molecule has 2 rings (SSSR count). The zero-order valence-corrected chi connectivity index (χ0v) is 11.1. The molecule has 0 spiro atoms. The summed E-state index contributed by atoms with van der Waals surface area (Å²) in [6, 6.07) is 0. The van der Waals surface area contributed by atoms with Crippen LogP contribution >= 0.6 is 0 Å². The first-order valence-corrected chi connectivity index (χ1v) is 6.67. The molecule has 0 atom stereocenters. The molecule has 0 radical (unpaired) electrons. The van der Waals surface area contributed by atoms with Gasteiger partial charge >= 0.3 is 0 Å². The van der Waals surface area contributed by atoms with E-state index in [1.54, 1.807) is 0 Å². The minimum Gasteiger partial charge on any atom is -0.333 e. The molecule has 0 bridgehead atoms. The van der Waals surface area contributed by atoms with Gasteiger partial charge in [-0.1, -0.05) is 13.8 Å². The lowest BCUT2D eigenvalue weighted by Crippen LogP contribution is -2.49. The molecule has 2 heterocycles. The lowest BCUT2D eigenvalue weighted by molar-refractivity contribution is 0.0626. The molecule has 0 saturated carbocycles. The van der Waals surface area contributed by atoms with Gasteiger partial charge in [-0.05, 0) is 13.0 Å². The van der Waals surface area contributed by atoms with Crippen LogP contribution in [0, 0.1) is 0 Å². The fourth-order valence-corrected chi connectivity index (χ4v) is 2.18. The number of nitrogens with zero attached hydrogens (tertiary/aromatic N) is 4. The van der Waals surface area contributed by atoms with Gasteiger partial charge in [0.25, 0.3) is 5.91 Å². The number of aryl methyl sites for hydroxylation is 1. The van der Waals surface area contributed by atoms with Crippen LogP contribution in [0.1, 0.15) is 36.7 Å². The van der Waals surface area contributed by atoms with E-state index in [-0.39, 0.29) is 5.91 Å². The lowest BCUT2D eigenvalue weighted by Gasteiger charge is -2.33. The standard InChI is InChI=1S/C12H21N5O/c1-3-5-16-6-8-17(9-7-16)12(18)11-13-10(4-2)14-15-11/h3-9H2,1-2H3,(H,13,14,15). The summed E-state index contributed by atoms with van der Waals surface area (Å²) >= 11 is 0. The maximum absolute atomic E-state index is 12.2. The van der Waals surface area contributed by atoms with Crippen molar-refractivity contribution in [1.29, 1.82) is 0 Å². The highest BCUT2D eigenvalue weighted by Crippen LogP contribution is 2.06. The van der Waals surface area contributed by atoms with Gasteiger partial charge in [-0.25, -0.2) is 4.98 Å². The normalized spacial score (nSPS) is 17.1. The third-order valence-corrected chi connectivity index (χ3v) is 3.26. The molecule has 1 aliphatic rings. The van der Waals surface area contributed by atoms with Crippen LogP contribution < -0.4 is 0 Å². The Hall–Kier alpha value is -1.43. The highest BCUT2D eigenvalue weighted by molar-refractivity contribution is 5.90. The van der Waals surface area contributed by atoms with Crippen LogP contribution in [-0.2, 0) is 6.42 Å². The van der Waals surface area contributed by atoms with Gasteiger partial charge in [0.05, 0.1) is 0 Å². The first-order chi connectivity index (χ1) is 8.74. The molecule has 18 heavy (non-hydrogen) atoms. The number of rotatable bonds is 4. The monoisotopic (exact) mass is 251 g/mol. The lowest BCUT2D eigenvalue weighted by atomic mass is 10.3. The smallest absolute Gasteiger partial charge is 0.293 e. The van der Waals surface area contributed by atoms with E-state index in [0.717, 1.165) is 51.4 Å². The predicted molar refractivity (Wildman–Crippen MR) is 68.4 cm³/mol. The molecular weight excluding hydrogens is 230 g/mol. The van der Waals surface area contributed by atoms with Gasteiger partial charge in [-0.2, -0.15) is 0 Å². The van der Waals surface area contributed by atoms with Crippen molar-refractivity contribution in [2.45, 2.75) is 26.7 Å². The molecule has 0 unspecified atom stereocenters. The van der Waals surface area contributed by atoms with Crippen molar-refractivity contribution in [2.75, 3.05) is 32.7 Å². The van der Waals surface area contributed by atoms with E-state index in [1.165, 1.54) is 0 Å². The van der Waals surface area contributed by atoms with Crippen LogP contribution in [0.25, 0.3) is 0 Å². The first kappa shape index (κ1) is 13.0. The maximum Gasteiger partial charge on any atom is 0.293 e. The van der Waals surface area contributed by atoms with Crippen LogP contribution in [0.5, 0.6) is 0 Å². The van der Waals surface area contributed by atoms with Crippen molar-refractivity contribution >= 4 is 5.91 Å². The molecular formula is C12H21N5O. The van der Waals surface area contributed by atoms with Gasteiger partial charge in [0, 0.05) is 32.6 Å². The maximum atomic E-state index is 12.2. The molecule has 6 heteroatoms. The Morgan fingerprint density at radius 2 is 2.00 bits per heavy atom. The second kappa shape index (κ2) is 5.95. The minimum atomic E-state index is -0.0536. The second-order valence-electron chi connectivity index (χ2n) is 4.59. The molecule has 0 aliphatic carbocycles. The summed E-state index contributed by atoms with van der Waals surface area (Å²) in [4.78, 5) is 20.6. The van der Waals surface area contributed by atoms with Gasteiger partial charge in [0.1, 0.15) is 5.82 Å². The van der Waals surface area contributed by atoms with Gasteiger partial charge in [0.15, 0.2) is 0 Å². The summed E-state index contributed by atoms with van der Waals surface area (Å²) < 4.78 is 0. The average Bonchev–Trinajstić information content (AvgIpc) is 2.88. The van der Waals surface area contributed by atoms with E-state index >= 15 is 0 Å². The SMILES string of the molecule is CCCN1CCN(C(=O)c2n[nH]c(CC)n2)CC1. The number of piperazine rings is 1. The molecule has 1 aromatic rings. The van der Waals surface area contributed by atoms with E-state index in [1.807, 2.05) is 11.8 Å². The van der Waals surface area contributed by atoms with Crippen LogP contribution in [0.2, 0.25) is 0 Å². The number of nitrogens with one attached hydrogen (secondary N) is 1. The van der Waals surface area contributed by atoms with Crippen LogP contribution in [0.15, 0.2) is 0 Å². The molecule has 1 amide bonds. The van der Waals surface area contributed by atoms with Gasteiger partial charge in [-0.15, -0.1) is 5.10 Å². The van der Waals surface area contributed by atoms with Crippen molar-refractivity contribution in [3.05, 3.63) is 11.6 Å². The summed E-state index contributed by atoms with van der Waals surface area (Å²) in [5.74, 6) is 1.01. The fraction of sp³-hybridized carbons (Fsp3) is 0.750. The second-order valence-corrected chi connectivity index (χ2v) is 4.59. The van der Waals surface area contributed by atoms with Crippen molar-refractivity contribution < 1.29 is 4.79 Å². The van der Waals surface area contributed by atoms with Crippen LogP contribution in [0.4, 0.5) is 0 Å². The zero-order valence-electron chi connectivity index (χ0n) is 11.1. The Morgan fingerprint density at radius 3 is 2.56 bits per heavy atom. The topological polar surface area (TPSA) is 65.1 Å². The van der Waals surface area contributed by atoms with Gasteiger partial charge in [0.2, 0.25) is 5.82 Å². The number of H-pyrrole nitrogens is 1. The Bertz CT molecular complexity index is 395. The van der Waals surface area contributed by atoms with E-state index in [2.05, 4.69) is 27.0 Å². The number of amides is 1. The molecule has 1 aliphatic heterocycles. The fourth-order valence-electron chi connectivity index (χ4n) is 2.18. The number of hydrogen-bond acceptors (Lipinski definition) is 4. The highest BCUT2D eigenvalue weighted by atomic mass is 16.2. The number of aromatic nitrogens is 3. The van der Waals surface area contributed by atoms with Gasteiger partial charge in [-0.3, -0.25) is 14.8 Å². The molecule has 1 aromatic heterocycles. The summed E-state index contributed by atoms with van der Waals surface area (Å²) in [7, 11) is 0. The van der Waals surface area contributed by atoms with E-state index in [0.29, 0.717) is 5.82 Å². The molecule has 1 N–H and O–H groups in total. The number of carbonyl (C=O) groups is 1. The molecule has 100 valence electrons. The first-order valence-electron chi connectivity index (χ1n) is 6.67. The quantitative estimate of drug-likeness (QED) is 0.848. The van der Waals surface area contributed by atoms with Crippen LogP contribution in [-0.4, -0.2) is 63.6 Å². The minimum absolute atomic E-state index is 0.0536. The highest BCUT2D eigenvalue weighted by Gasteiger charge is 2.24. The third-order valence-electron chi connectivity index (χ3n) is 3.26. The third kappa shape index (κ3) is 2.87. The zero-order chi connectivity index (χ0) is 13.0. The van der Waals surface area contributed by atoms with E-state index < -0.39 is 0 Å². The average molecular weight is 251 g/mol. The van der Waals surface area contributed by atoms with Gasteiger partial charge < -0.3 is 4.90 Å². The molecule has 1 saturated heterocycles. The Labute approximate surface area is 107 Å². The number of aromatic amines is 1. The van der Waals surface area contributed by atoms with E-state index in [4.69, 9.17) is 0 Å². The van der Waals surface area contributed by atoms with Crippen molar-refractivity contribution in [3.63, 3.8) is 0 Å². The Kier molecular flexibility index (Phi) is 4.30. The molecule has 6 nitrogen and oxygen atoms in total. The summed E-state index contributed by atoms with van der Waals surface area (Å²) in [6.07, 6.45) is 1.93. The number of hydrogen-bond donors (Lipinski definition) is 1. The molecule has 0 aromatic carbocycles. The largest absolute Gasteiger partial charge is 0.333 e. The molecule has 1 fully saturated rings.